The molecular weight excluding hydrogens is 320 g/mol. The van der Waals surface area contributed by atoms with E-state index in [0.717, 1.165) is 16.6 Å². The van der Waals surface area contributed by atoms with Crippen LogP contribution in [-0.4, -0.2) is 24.4 Å². The molecule has 4 nitrogen and oxygen atoms in total. The lowest BCUT2D eigenvalue weighted by Gasteiger charge is -2.18. The zero-order valence-electron chi connectivity index (χ0n) is 11.7. The van der Waals surface area contributed by atoms with Gasteiger partial charge in [0.05, 0.1) is 5.92 Å². The van der Waals surface area contributed by atoms with Crippen LogP contribution in [0.1, 0.15) is 26.7 Å². The van der Waals surface area contributed by atoms with Crippen LogP contribution in [0.25, 0.3) is 0 Å². The molecule has 0 spiro atoms. The SMILES string of the molecule is CC[C@@H](C)NC(=O)[C@@H]1CC(=O)N(c2ccc(Br)cc2)C1. The average Bonchev–Trinajstić information content (AvgIpc) is 2.81. The van der Waals surface area contributed by atoms with E-state index in [1.54, 1.807) is 4.90 Å². The molecule has 1 aliphatic heterocycles. The molecule has 2 amide bonds. The van der Waals surface area contributed by atoms with Crippen LogP contribution in [0, 0.1) is 5.92 Å². The van der Waals surface area contributed by atoms with Crippen LogP contribution in [0.2, 0.25) is 0 Å². The van der Waals surface area contributed by atoms with Gasteiger partial charge in [-0.15, -0.1) is 0 Å². The highest BCUT2D eigenvalue weighted by Crippen LogP contribution is 2.26. The molecule has 1 fully saturated rings. The van der Waals surface area contributed by atoms with Gasteiger partial charge >= 0.3 is 0 Å². The van der Waals surface area contributed by atoms with Crippen molar-refractivity contribution in [2.45, 2.75) is 32.7 Å². The fourth-order valence-corrected chi connectivity index (χ4v) is 2.48. The van der Waals surface area contributed by atoms with Crippen molar-refractivity contribution in [3.8, 4) is 0 Å². The molecule has 1 saturated heterocycles. The van der Waals surface area contributed by atoms with Gasteiger partial charge in [-0.25, -0.2) is 0 Å². The van der Waals surface area contributed by atoms with Crippen molar-refractivity contribution in [2.75, 3.05) is 11.4 Å². The Morgan fingerprint density at radius 3 is 2.70 bits per heavy atom. The molecule has 0 saturated carbocycles. The molecule has 20 heavy (non-hydrogen) atoms. The van der Waals surface area contributed by atoms with Gasteiger partial charge in [0.25, 0.3) is 0 Å². The summed E-state index contributed by atoms with van der Waals surface area (Å²) in [5.41, 5.74) is 0.844. The van der Waals surface area contributed by atoms with E-state index in [1.165, 1.54) is 0 Å². The second-order valence-corrected chi connectivity index (χ2v) is 6.12. The lowest BCUT2D eigenvalue weighted by molar-refractivity contribution is -0.126. The summed E-state index contributed by atoms with van der Waals surface area (Å²) < 4.78 is 0.971. The van der Waals surface area contributed by atoms with Crippen molar-refractivity contribution in [3.63, 3.8) is 0 Å². The Hall–Kier alpha value is -1.36. The first kappa shape index (κ1) is 15.0. The van der Waals surface area contributed by atoms with Crippen LogP contribution in [-0.2, 0) is 9.59 Å². The van der Waals surface area contributed by atoms with Crippen molar-refractivity contribution < 1.29 is 9.59 Å². The summed E-state index contributed by atoms with van der Waals surface area (Å²) in [4.78, 5) is 25.8. The first-order valence-corrected chi connectivity index (χ1v) is 7.67. The molecule has 5 heteroatoms. The lowest BCUT2D eigenvalue weighted by atomic mass is 10.1. The monoisotopic (exact) mass is 338 g/mol. The van der Waals surface area contributed by atoms with Gasteiger partial charge < -0.3 is 10.2 Å². The molecule has 0 unspecified atom stereocenters. The van der Waals surface area contributed by atoms with E-state index < -0.39 is 0 Å². The normalized spacial score (nSPS) is 20.1. The minimum absolute atomic E-state index is 0.0108. The molecule has 0 radical (unpaired) electrons. The number of benzene rings is 1. The summed E-state index contributed by atoms with van der Waals surface area (Å²) in [5.74, 6) is -0.260. The highest BCUT2D eigenvalue weighted by atomic mass is 79.9. The molecule has 0 bridgehead atoms. The number of anilines is 1. The molecule has 1 aromatic carbocycles. The van der Waals surface area contributed by atoms with Gasteiger partial charge in [-0.2, -0.15) is 0 Å². The molecule has 1 N–H and O–H groups in total. The Morgan fingerprint density at radius 1 is 1.45 bits per heavy atom. The number of halogens is 1. The van der Waals surface area contributed by atoms with Crippen molar-refractivity contribution in [2.24, 2.45) is 5.92 Å². The molecule has 1 aliphatic rings. The van der Waals surface area contributed by atoms with Gasteiger partial charge in [0.1, 0.15) is 0 Å². The van der Waals surface area contributed by atoms with Crippen LogP contribution >= 0.6 is 15.9 Å². The predicted octanol–water partition coefficient (Wildman–Crippen LogP) is 2.72. The molecule has 2 rings (SSSR count). The minimum Gasteiger partial charge on any atom is -0.353 e. The topological polar surface area (TPSA) is 49.4 Å². The molecule has 108 valence electrons. The van der Waals surface area contributed by atoms with E-state index in [2.05, 4.69) is 21.2 Å². The third-order valence-electron chi connectivity index (χ3n) is 3.64. The van der Waals surface area contributed by atoms with Gasteiger partial charge in [-0.05, 0) is 37.6 Å². The summed E-state index contributed by atoms with van der Waals surface area (Å²) in [6, 6.07) is 7.72. The van der Waals surface area contributed by atoms with Crippen LogP contribution < -0.4 is 10.2 Å². The number of carbonyl (C=O) groups is 2. The zero-order chi connectivity index (χ0) is 14.7. The first-order valence-electron chi connectivity index (χ1n) is 6.87. The quantitative estimate of drug-likeness (QED) is 0.917. The number of nitrogens with one attached hydrogen (secondary N) is 1. The van der Waals surface area contributed by atoms with Crippen molar-refractivity contribution in [1.82, 2.24) is 5.32 Å². The van der Waals surface area contributed by atoms with Gasteiger partial charge in [0.15, 0.2) is 0 Å². The first-order chi connectivity index (χ1) is 9.51. The Balaban J connectivity index is 2.03. The number of hydrogen-bond acceptors (Lipinski definition) is 2. The van der Waals surface area contributed by atoms with Crippen molar-refractivity contribution >= 4 is 33.4 Å². The largest absolute Gasteiger partial charge is 0.353 e. The average molecular weight is 339 g/mol. The zero-order valence-corrected chi connectivity index (χ0v) is 13.3. The minimum atomic E-state index is -0.250. The second-order valence-electron chi connectivity index (χ2n) is 5.20. The van der Waals surface area contributed by atoms with E-state index in [1.807, 2.05) is 38.1 Å². The Bertz CT molecular complexity index is 501. The van der Waals surface area contributed by atoms with Crippen molar-refractivity contribution in [1.29, 1.82) is 0 Å². The summed E-state index contributed by atoms with van der Waals surface area (Å²) >= 11 is 3.37. The number of nitrogens with zero attached hydrogens (tertiary/aromatic N) is 1. The summed E-state index contributed by atoms with van der Waals surface area (Å²) in [5, 5.41) is 2.95. The third kappa shape index (κ3) is 3.39. The number of carbonyl (C=O) groups excluding carboxylic acids is 2. The molecule has 2 atom stereocenters. The van der Waals surface area contributed by atoms with Gasteiger partial charge in [0.2, 0.25) is 11.8 Å². The highest BCUT2D eigenvalue weighted by Gasteiger charge is 2.35. The smallest absolute Gasteiger partial charge is 0.227 e. The fraction of sp³-hybridized carbons (Fsp3) is 0.467. The van der Waals surface area contributed by atoms with Crippen molar-refractivity contribution in [3.05, 3.63) is 28.7 Å². The maximum atomic E-state index is 12.1. The van der Waals surface area contributed by atoms with Gasteiger partial charge in [-0.3, -0.25) is 9.59 Å². The predicted molar refractivity (Wildman–Crippen MR) is 82.5 cm³/mol. The summed E-state index contributed by atoms with van der Waals surface area (Å²) in [7, 11) is 0. The summed E-state index contributed by atoms with van der Waals surface area (Å²) in [6.45, 7) is 4.46. The van der Waals surface area contributed by atoms with Gasteiger partial charge in [-0.1, -0.05) is 22.9 Å². The van der Waals surface area contributed by atoms with Crippen LogP contribution in [0.4, 0.5) is 5.69 Å². The molecule has 0 aliphatic carbocycles. The Kier molecular flexibility index (Phi) is 4.81. The highest BCUT2D eigenvalue weighted by molar-refractivity contribution is 9.10. The van der Waals surface area contributed by atoms with E-state index >= 15 is 0 Å². The van der Waals surface area contributed by atoms with Crippen LogP contribution in [0.15, 0.2) is 28.7 Å². The number of amides is 2. The Morgan fingerprint density at radius 2 is 2.10 bits per heavy atom. The van der Waals surface area contributed by atoms with Crippen LogP contribution in [0.5, 0.6) is 0 Å². The van der Waals surface area contributed by atoms with E-state index in [0.29, 0.717) is 13.0 Å². The fourth-order valence-electron chi connectivity index (χ4n) is 2.22. The number of rotatable bonds is 4. The van der Waals surface area contributed by atoms with E-state index in [9.17, 15) is 9.59 Å². The van der Waals surface area contributed by atoms with E-state index in [-0.39, 0.29) is 23.8 Å². The standard InChI is InChI=1S/C15H19BrN2O2/c1-3-10(2)17-15(20)11-8-14(19)18(9-11)13-6-4-12(16)5-7-13/h4-7,10-11H,3,8-9H2,1-2H3,(H,17,20)/t10-,11-/m1/s1. The maximum Gasteiger partial charge on any atom is 0.227 e. The molecule has 1 heterocycles. The third-order valence-corrected chi connectivity index (χ3v) is 4.16. The summed E-state index contributed by atoms with van der Waals surface area (Å²) in [6.07, 6.45) is 1.18. The molecular formula is C15H19BrN2O2. The molecule has 1 aromatic rings. The lowest BCUT2D eigenvalue weighted by Crippen LogP contribution is -2.38. The molecule has 0 aromatic heterocycles. The van der Waals surface area contributed by atoms with E-state index in [4.69, 9.17) is 0 Å². The van der Waals surface area contributed by atoms with Gasteiger partial charge in [0, 0.05) is 29.2 Å². The second kappa shape index (κ2) is 6.39. The maximum absolute atomic E-state index is 12.1. The number of hydrogen-bond donors (Lipinski definition) is 1. The Labute approximate surface area is 127 Å². The van der Waals surface area contributed by atoms with Crippen LogP contribution in [0.3, 0.4) is 0 Å².